The van der Waals surface area contributed by atoms with Gasteiger partial charge in [-0.2, -0.15) is 16.7 Å². The van der Waals surface area contributed by atoms with E-state index in [4.69, 9.17) is 4.74 Å². The van der Waals surface area contributed by atoms with Crippen LogP contribution in [0.1, 0.15) is 48.8 Å². The van der Waals surface area contributed by atoms with Crippen LogP contribution >= 0.6 is 0 Å². The Labute approximate surface area is 169 Å². The third kappa shape index (κ3) is 6.57. The number of ether oxygens (including phenoxy) is 1. The molecular weight excluding hydrogens is 437 g/mol. The average molecular weight is 461 g/mol. The zero-order valence-corrected chi connectivity index (χ0v) is 15.5. The second kappa shape index (κ2) is 9.81. The van der Waals surface area contributed by atoms with E-state index in [9.17, 15) is 0 Å². The van der Waals surface area contributed by atoms with Gasteiger partial charge in [-0.25, -0.2) is 5.43 Å². The fourth-order valence-corrected chi connectivity index (χ4v) is 2.56. The third-order valence-corrected chi connectivity index (χ3v) is 4.14. The summed E-state index contributed by atoms with van der Waals surface area (Å²) in [4.78, 5) is 0. The van der Waals surface area contributed by atoms with E-state index in [1.165, 1.54) is 31.2 Å². The van der Waals surface area contributed by atoms with Crippen LogP contribution in [-0.4, -0.2) is 25.5 Å². The molecule has 0 aromatic heterocycles. The molecule has 1 heterocycles. The quantitative estimate of drug-likeness (QED) is 0.183. The molecule has 1 atom stereocenters. The van der Waals surface area contributed by atoms with Crippen LogP contribution in [0.25, 0.3) is 0 Å². The fourth-order valence-electron chi connectivity index (χ4n) is 2.56. The van der Waals surface area contributed by atoms with Crippen molar-refractivity contribution < 1.29 is 47.9 Å². The van der Waals surface area contributed by atoms with Crippen molar-refractivity contribution in [1.29, 1.82) is 0 Å². The molecule has 1 aromatic rings. The molecule has 0 bridgehead atoms. The monoisotopic (exact) mass is 461 g/mol. The fraction of sp³-hybridized carbons (Fsp3) is 0.526. The van der Waals surface area contributed by atoms with E-state index >= 15 is 0 Å². The zero-order valence-electron chi connectivity index (χ0n) is 13.6. The number of nitrogens with zero attached hydrogens (tertiary/aromatic N) is 1. The summed E-state index contributed by atoms with van der Waals surface area (Å²) in [7, 11) is 0. The summed E-state index contributed by atoms with van der Waals surface area (Å²) in [6.07, 6.45) is 9.63. The molecule has 23 heavy (non-hydrogen) atoms. The molecular formula is C19H24HoN2O. The van der Waals surface area contributed by atoms with Crippen molar-refractivity contribution >= 4 is 6.21 Å². The maximum Gasteiger partial charge on any atom is 0.125 e. The van der Waals surface area contributed by atoms with E-state index in [-0.39, 0.29) is 37.7 Å². The molecule has 127 valence electrons. The van der Waals surface area contributed by atoms with E-state index in [2.05, 4.69) is 48.3 Å². The Bertz CT molecular complexity index is 593. The summed E-state index contributed by atoms with van der Waals surface area (Å²) in [5, 5.41) is 4.32. The van der Waals surface area contributed by atoms with Crippen LogP contribution in [0.2, 0.25) is 0 Å². The molecule has 1 aliphatic carbocycles. The molecule has 4 heteroatoms. The minimum absolute atomic E-state index is 0. The number of hydrogen-bond donors (Lipinski definition) is 1. The molecule has 1 saturated carbocycles. The number of benzene rings is 1. The Morgan fingerprint density at radius 1 is 1.30 bits per heavy atom. The SMILES string of the molecule is Cc1cc(C#CC2CC2)ccc1[C-]=N[NH2+]CC1CCCCO1.[Ho]. The molecule has 2 fully saturated rings. The molecule has 0 spiro atoms. The van der Waals surface area contributed by atoms with Crippen molar-refractivity contribution in [1.82, 2.24) is 0 Å². The van der Waals surface area contributed by atoms with Crippen molar-refractivity contribution in [3.05, 3.63) is 34.9 Å². The first kappa shape index (κ1) is 19.0. The van der Waals surface area contributed by atoms with Crippen LogP contribution in [0, 0.1) is 62.4 Å². The molecule has 1 aliphatic heterocycles. The van der Waals surface area contributed by atoms with E-state index in [1.54, 1.807) is 0 Å². The molecule has 1 saturated heterocycles. The van der Waals surface area contributed by atoms with Gasteiger partial charge >= 0.3 is 0 Å². The largest absolute Gasteiger partial charge is 0.372 e. The number of quaternary nitrogens is 1. The average Bonchev–Trinajstić information content (AvgIpc) is 3.36. The van der Waals surface area contributed by atoms with Crippen LogP contribution in [0.15, 0.2) is 23.3 Å². The third-order valence-electron chi connectivity index (χ3n) is 4.14. The maximum atomic E-state index is 5.69. The molecule has 1 aromatic carbocycles. The minimum Gasteiger partial charge on any atom is -0.372 e. The number of hydrogen-bond acceptors (Lipinski definition) is 2. The summed E-state index contributed by atoms with van der Waals surface area (Å²) < 4.78 is 5.69. The Hall–Kier alpha value is -0.370. The van der Waals surface area contributed by atoms with Crippen molar-refractivity contribution in [2.24, 2.45) is 11.0 Å². The first-order valence-electron chi connectivity index (χ1n) is 8.32. The molecule has 0 amide bonds. The Kier molecular flexibility index (Phi) is 8.09. The zero-order chi connectivity index (χ0) is 15.2. The van der Waals surface area contributed by atoms with Crippen LogP contribution < -0.4 is 5.43 Å². The van der Waals surface area contributed by atoms with Gasteiger partial charge in [-0.3, -0.25) is 0 Å². The first-order valence-corrected chi connectivity index (χ1v) is 8.32. The van der Waals surface area contributed by atoms with E-state index in [0.29, 0.717) is 12.0 Å². The number of aryl methyl sites for hydroxylation is 1. The van der Waals surface area contributed by atoms with Crippen LogP contribution in [0.3, 0.4) is 0 Å². The van der Waals surface area contributed by atoms with Gasteiger partial charge in [0.15, 0.2) is 0 Å². The van der Waals surface area contributed by atoms with Gasteiger partial charge in [0.05, 0.1) is 0 Å². The molecule has 2 N–H and O–H groups in total. The maximum absolute atomic E-state index is 5.69. The summed E-state index contributed by atoms with van der Waals surface area (Å²) in [6, 6.07) is 6.24. The number of nitrogens with two attached hydrogens (primary N) is 1. The predicted octanol–water partition coefficient (Wildman–Crippen LogP) is 2.10. The molecule has 3 nitrogen and oxygen atoms in total. The summed E-state index contributed by atoms with van der Waals surface area (Å²) in [5.41, 5.74) is 5.23. The predicted molar refractivity (Wildman–Crippen MR) is 87.7 cm³/mol. The summed E-state index contributed by atoms with van der Waals surface area (Å²) in [6.45, 7) is 3.87. The normalized spacial score (nSPS) is 20.7. The van der Waals surface area contributed by atoms with Gasteiger partial charge in [-0.05, 0) is 38.3 Å². The van der Waals surface area contributed by atoms with E-state index in [0.717, 1.165) is 30.7 Å². The Balaban J connectivity index is 0.00000192. The van der Waals surface area contributed by atoms with Gasteiger partial charge in [-0.1, -0.05) is 24.8 Å². The topological polar surface area (TPSA) is 38.2 Å². The Morgan fingerprint density at radius 2 is 2.17 bits per heavy atom. The summed E-state index contributed by atoms with van der Waals surface area (Å²) in [5.74, 6) is 7.19. The van der Waals surface area contributed by atoms with E-state index < -0.39 is 0 Å². The van der Waals surface area contributed by atoms with Crippen molar-refractivity contribution in [2.45, 2.75) is 45.1 Å². The second-order valence-corrected chi connectivity index (χ2v) is 6.22. The molecule has 2 aliphatic rings. The van der Waals surface area contributed by atoms with Gasteiger partial charge in [0.1, 0.15) is 12.6 Å². The van der Waals surface area contributed by atoms with Gasteiger partial charge in [0.25, 0.3) is 0 Å². The summed E-state index contributed by atoms with van der Waals surface area (Å²) >= 11 is 0. The molecule has 1 unspecified atom stereocenters. The minimum atomic E-state index is 0. The Morgan fingerprint density at radius 3 is 2.87 bits per heavy atom. The van der Waals surface area contributed by atoms with E-state index in [1.807, 2.05) is 5.43 Å². The van der Waals surface area contributed by atoms with Crippen molar-refractivity contribution in [3.63, 3.8) is 0 Å². The van der Waals surface area contributed by atoms with Crippen LogP contribution in [0.4, 0.5) is 0 Å². The number of rotatable bonds is 4. The standard InChI is InChI=1S/C19H23N2O.Ho/c1-15-12-17(8-7-16-5-6-16)9-10-18(15)13-20-21-14-19-4-2-3-11-22-19;/h9-10,12,16,19,21H,2-6,11,14H2,1H3;/q-1;/p+1. The van der Waals surface area contributed by atoms with Gasteiger partial charge in [0.2, 0.25) is 0 Å². The van der Waals surface area contributed by atoms with Crippen LogP contribution in [-0.2, 0) is 4.74 Å². The van der Waals surface area contributed by atoms with Crippen molar-refractivity contribution in [2.75, 3.05) is 13.2 Å². The molecule has 1 radical (unpaired) electrons. The second-order valence-electron chi connectivity index (χ2n) is 6.22. The smallest absolute Gasteiger partial charge is 0.125 e. The van der Waals surface area contributed by atoms with Gasteiger partial charge in [0, 0.05) is 55.8 Å². The molecule has 3 rings (SSSR count). The first-order chi connectivity index (χ1) is 10.8. The van der Waals surface area contributed by atoms with Gasteiger partial charge < -0.3 is 4.74 Å². The van der Waals surface area contributed by atoms with Crippen LogP contribution in [0.5, 0.6) is 0 Å². The van der Waals surface area contributed by atoms with Crippen molar-refractivity contribution in [3.8, 4) is 11.8 Å². The van der Waals surface area contributed by atoms with Gasteiger partial charge in [-0.15, -0.1) is 11.6 Å².